The minimum absolute atomic E-state index is 0. The van der Waals surface area contributed by atoms with Gasteiger partial charge in [-0.25, -0.2) is 0 Å². The van der Waals surface area contributed by atoms with Gasteiger partial charge < -0.3 is 16.0 Å². The second-order valence-electron chi connectivity index (χ2n) is 7.08. The Morgan fingerprint density at radius 1 is 1.07 bits per heavy atom. The fourth-order valence-electron chi connectivity index (χ4n) is 3.19. The van der Waals surface area contributed by atoms with Gasteiger partial charge in [-0.3, -0.25) is 9.59 Å². The van der Waals surface area contributed by atoms with E-state index in [9.17, 15) is 9.59 Å². The van der Waals surface area contributed by atoms with Gasteiger partial charge in [0.25, 0.3) is 0 Å². The van der Waals surface area contributed by atoms with E-state index in [0.29, 0.717) is 12.1 Å². The lowest BCUT2D eigenvalue weighted by atomic mass is 9.94. The van der Waals surface area contributed by atoms with Crippen LogP contribution in [-0.2, 0) is 16.0 Å². The first-order valence-electron chi connectivity index (χ1n) is 9.60. The number of anilines is 1. The summed E-state index contributed by atoms with van der Waals surface area (Å²) in [4.78, 5) is 26.8. The maximum Gasteiger partial charge on any atom is 0.229 e. The van der Waals surface area contributed by atoms with Crippen molar-refractivity contribution < 1.29 is 9.59 Å². The van der Waals surface area contributed by atoms with Crippen LogP contribution in [0.3, 0.4) is 0 Å². The molecule has 3 N–H and O–H groups in total. The lowest BCUT2D eigenvalue weighted by Gasteiger charge is -2.26. The highest BCUT2D eigenvalue weighted by molar-refractivity contribution is 7.99. The average molecular weight is 434 g/mol. The summed E-state index contributed by atoms with van der Waals surface area (Å²) in [7, 11) is 0. The monoisotopic (exact) mass is 433 g/mol. The van der Waals surface area contributed by atoms with E-state index < -0.39 is 0 Å². The highest BCUT2D eigenvalue weighted by Crippen LogP contribution is 2.21. The zero-order valence-corrected chi connectivity index (χ0v) is 18.2. The van der Waals surface area contributed by atoms with Crippen molar-refractivity contribution in [2.75, 3.05) is 29.9 Å². The highest BCUT2D eigenvalue weighted by atomic mass is 35.5. The molecule has 1 aliphatic heterocycles. The molecule has 2 aromatic carbocycles. The zero-order chi connectivity index (χ0) is 19.9. The van der Waals surface area contributed by atoms with E-state index in [1.54, 1.807) is 0 Å². The Kier molecular flexibility index (Phi) is 9.01. The van der Waals surface area contributed by atoms with Gasteiger partial charge in [0.1, 0.15) is 0 Å². The molecule has 1 fully saturated rings. The van der Waals surface area contributed by atoms with Crippen LogP contribution in [0.5, 0.6) is 0 Å². The summed E-state index contributed by atoms with van der Waals surface area (Å²) in [6.45, 7) is 3.49. The molecule has 29 heavy (non-hydrogen) atoms. The quantitative estimate of drug-likeness (QED) is 0.731. The van der Waals surface area contributed by atoms with Crippen molar-refractivity contribution in [3.63, 3.8) is 0 Å². The zero-order valence-electron chi connectivity index (χ0n) is 16.5. The molecule has 0 aliphatic carbocycles. The van der Waals surface area contributed by atoms with Crippen LogP contribution in [0.25, 0.3) is 0 Å². The number of carbonyl (C=O) groups is 2. The first-order chi connectivity index (χ1) is 13.5. The topological polar surface area (TPSA) is 75.4 Å². The molecule has 2 amide bonds. The van der Waals surface area contributed by atoms with E-state index in [1.807, 2.05) is 78.2 Å². The number of halogens is 1. The van der Waals surface area contributed by atoms with Crippen LogP contribution in [0.15, 0.2) is 54.6 Å². The Hall–Kier alpha value is -2.02. The molecule has 5 nitrogen and oxygen atoms in total. The second-order valence-corrected chi connectivity index (χ2v) is 8.31. The predicted octanol–water partition coefficient (Wildman–Crippen LogP) is 3.50. The summed E-state index contributed by atoms with van der Waals surface area (Å²) in [6, 6.07) is 16.7. The van der Waals surface area contributed by atoms with E-state index in [2.05, 4.69) is 5.32 Å². The van der Waals surface area contributed by atoms with Crippen molar-refractivity contribution in [1.29, 1.82) is 0 Å². The van der Waals surface area contributed by atoms with Gasteiger partial charge in [0.2, 0.25) is 11.8 Å². The maximum absolute atomic E-state index is 12.5. The number of nitrogens with one attached hydrogen (secondary N) is 1. The van der Waals surface area contributed by atoms with Crippen LogP contribution in [-0.4, -0.2) is 41.3 Å². The Morgan fingerprint density at radius 3 is 2.31 bits per heavy atom. The lowest BCUT2D eigenvalue weighted by molar-refractivity contribution is -0.130. The van der Waals surface area contributed by atoms with E-state index >= 15 is 0 Å². The molecule has 0 aromatic heterocycles. The minimum atomic E-state index is -0.361. The Morgan fingerprint density at radius 2 is 1.69 bits per heavy atom. The fourth-order valence-corrected chi connectivity index (χ4v) is 4.09. The third-order valence-corrected chi connectivity index (χ3v) is 6.02. The molecule has 1 heterocycles. The molecule has 0 radical (unpaired) electrons. The van der Waals surface area contributed by atoms with Gasteiger partial charge in [0.05, 0.1) is 12.3 Å². The third kappa shape index (κ3) is 6.49. The maximum atomic E-state index is 12.5. The summed E-state index contributed by atoms with van der Waals surface area (Å²) < 4.78 is 0. The predicted molar refractivity (Wildman–Crippen MR) is 122 cm³/mol. The molecule has 1 saturated heterocycles. The molecule has 3 rings (SSSR count). The van der Waals surface area contributed by atoms with Crippen LogP contribution in [0, 0.1) is 5.92 Å². The van der Waals surface area contributed by atoms with Gasteiger partial charge in [0, 0.05) is 36.3 Å². The number of nitrogens with two attached hydrogens (primary N) is 1. The molecule has 0 saturated carbocycles. The second kappa shape index (κ2) is 11.2. The Bertz CT molecular complexity index is 795. The van der Waals surface area contributed by atoms with Crippen molar-refractivity contribution in [2.45, 2.75) is 19.4 Å². The van der Waals surface area contributed by atoms with E-state index in [1.165, 1.54) is 0 Å². The van der Waals surface area contributed by atoms with Gasteiger partial charge >= 0.3 is 0 Å². The Balaban J connectivity index is 0.00000300. The van der Waals surface area contributed by atoms with Gasteiger partial charge in [-0.05, 0) is 23.3 Å². The lowest BCUT2D eigenvalue weighted by Crippen LogP contribution is -2.38. The number of hydrogen-bond acceptors (Lipinski definition) is 4. The summed E-state index contributed by atoms with van der Waals surface area (Å²) in [5, 5.41) is 2.92. The molecule has 2 aromatic rings. The normalized spacial score (nSPS) is 15.7. The van der Waals surface area contributed by atoms with Gasteiger partial charge in [-0.1, -0.05) is 49.4 Å². The van der Waals surface area contributed by atoms with Crippen LogP contribution in [0.1, 0.15) is 24.1 Å². The SMILES string of the molecule is CC(C(=O)Nc1ccc(CC(=O)N2CCSCC2)cc1)C(N)c1ccccc1.Cl. The van der Waals surface area contributed by atoms with Crippen molar-refractivity contribution in [2.24, 2.45) is 11.7 Å². The number of rotatable bonds is 6. The van der Waals surface area contributed by atoms with Crippen LogP contribution < -0.4 is 11.1 Å². The van der Waals surface area contributed by atoms with Gasteiger partial charge in [-0.15, -0.1) is 12.4 Å². The first kappa shape index (κ1) is 23.3. The van der Waals surface area contributed by atoms with Gasteiger partial charge in [0.15, 0.2) is 0 Å². The molecular formula is C22H28ClN3O2S. The van der Waals surface area contributed by atoms with Crippen molar-refractivity contribution >= 4 is 41.7 Å². The number of hydrogen-bond donors (Lipinski definition) is 2. The molecule has 1 aliphatic rings. The first-order valence-corrected chi connectivity index (χ1v) is 10.8. The van der Waals surface area contributed by atoms with E-state index in [0.717, 1.165) is 35.7 Å². The summed E-state index contributed by atoms with van der Waals surface area (Å²) in [5.41, 5.74) is 8.84. The molecule has 0 bridgehead atoms. The number of amides is 2. The number of thioether (sulfide) groups is 1. The largest absolute Gasteiger partial charge is 0.341 e. The third-order valence-electron chi connectivity index (χ3n) is 5.08. The minimum Gasteiger partial charge on any atom is -0.341 e. The molecule has 7 heteroatoms. The van der Waals surface area contributed by atoms with Crippen molar-refractivity contribution in [1.82, 2.24) is 4.90 Å². The molecular weight excluding hydrogens is 406 g/mol. The summed E-state index contributed by atoms with van der Waals surface area (Å²) in [6.07, 6.45) is 0.397. The smallest absolute Gasteiger partial charge is 0.229 e. The summed E-state index contributed by atoms with van der Waals surface area (Å²) in [5.74, 6) is 1.71. The molecule has 2 atom stereocenters. The highest BCUT2D eigenvalue weighted by Gasteiger charge is 2.22. The van der Waals surface area contributed by atoms with Crippen LogP contribution in [0.2, 0.25) is 0 Å². The average Bonchev–Trinajstić information content (AvgIpc) is 2.75. The summed E-state index contributed by atoms with van der Waals surface area (Å²) >= 11 is 1.89. The molecule has 2 unspecified atom stereocenters. The van der Waals surface area contributed by atoms with Crippen molar-refractivity contribution in [3.05, 3.63) is 65.7 Å². The van der Waals surface area contributed by atoms with Gasteiger partial charge in [-0.2, -0.15) is 11.8 Å². The standard InChI is InChI=1S/C22H27N3O2S.ClH/c1-16(21(23)18-5-3-2-4-6-18)22(27)24-19-9-7-17(8-10-19)15-20(26)25-11-13-28-14-12-25;/h2-10,16,21H,11-15,23H2,1H3,(H,24,27);1H. The van der Waals surface area contributed by atoms with Crippen LogP contribution in [0.4, 0.5) is 5.69 Å². The van der Waals surface area contributed by atoms with E-state index in [4.69, 9.17) is 5.73 Å². The number of benzene rings is 2. The molecule has 156 valence electrons. The number of carbonyl (C=O) groups excluding carboxylic acids is 2. The van der Waals surface area contributed by atoms with E-state index in [-0.39, 0.29) is 36.2 Å². The number of nitrogens with zero attached hydrogens (tertiary/aromatic N) is 1. The fraction of sp³-hybridized carbons (Fsp3) is 0.364. The molecule has 0 spiro atoms. The van der Waals surface area contributed by atoms with Crippen LogP contribution >= 0.6 is 24.2 Å². The van der Waals surface area contributed by atoms with Crippen molar-refractivity contribution in [3.8, 4) is 0 Å². The Labute approximate surface area is 182 Å².